The number of nitrogens with two attached hydrogens (primary N) is 1. The lowest BCUT2D eigenvalue weighted by Crippen LogP contribution is -2.45. The number of hydrogen-bond donors (Lipinski definition) is 3. The molecule has 0 spiro atoms. The van der Waals surface area contributed by atoms with Crippen molar-refractivity contribution in [1.82, 2.24) is 10.2 Å². The van der Waals surface area contributed by atoms with E-state index >= 15 is 0 Å². The van der Waals surface area contributed by atoms with Crippen molar-refractivity contribution >= 4 is 18.3 Å². The zero-order chi connectivity index (χ0) is 29.5. The number of amides is 1. The van der Waals surface area contributed by atoms with Crippen LogP contribution in [0.4, 0.5) is 0 Å². The Morgan fingerprint density at radius 1 is 1.07 bits per heavy atom. The summed E-state index contributed by atoms with van der Waals surface area (Å²) in [6.07, 6.45) is 1.88. The first-order valence-corrected chi connectivity index (χ1v) is 15.0. The minimum Gasteiger partial charge on any atom is -0.493 e. The van der Waals surface area contributed by atoms with Crippen LogP contribution in [0, 0.1) is 23.7 Å². The van der Waals surface area contributed by atoms with E-state index in [0.29, 0.717) is 44.3 Å². The van der Waals surface area contributed by atoms with E-state index in [2.05, 4.69) is 30.1 Å². The number of benzene rings is 1. The summed E-state index contributed by atoms with van der Waals surface area (Å²) in [6.45, 7) is 14.3. The largest absolute Gasteiger partial charge is 0.493 e. The molecule has 0 bridgehead atoms. The summed E-state index contributed by atoms with van der Waals surface area (Å²) in [5, 5.41) is 14.2. The predicted octanol–water partition coefficient (Wildman–Crippen LogP) is 3.54. The van der Waals surface area contributed by atoms with E-state index in [1.54, 1.807) is 14.2 Å². The highest BCUT2D eigenvalue weighted by molar-refractivity contribution is 5.85. The summed E-state index contributed by atoms with van der Waals surface area (Å²) < 4.78 is 22.0. The Kier molecular flexibility index (Phi) is 18.5. The fourth-order valence-electron chi connectivity index (χ4n) is 5.16. The Bertz CT molecular complexity index is 853. The molecule has 1 aromatic carbocycles. The van der Waals surface area contributed by atoms with Gasteiger partial charge in [0.25, 0.3) is 0 Å². The van der Waals surface area contributed by atoms with E-state index in [9.17, 15) is 9.90 Å². The van der Waals surface area contributed by atoms with Gasteiger partial charge < -0.3 is 35.1 Å². The third-order valence-electron chi connectivity index (χ3n) is 7.96. The lowest BCUT2D eigenvalue weighted by molar-refractivity contribution is -0.127. The Hall–Kier alpha value is -1.62. The Morgan fingerprint density at radius 3 is 2.39 bits per heavy atom. The second-order valence-corrected chi connectivity index (χ2v) is 11.7. The molecule has 1 heterocycles. The van der Waals surface area contributed by atoms with Gasteiger partial charge in [-0.2, -0.15) is 0 Å². The molecule has 41 heavy (non-hydrogen) atoms. The minimum absolute atomic E-state index is 0. The van der Waals surface area contributed by atoms with E-state index in [4.69, 9.17) is 24.7 Å². The number of morpholine rings is 1. The van der Waals surface area contributed by atoms with Gasteiger partial charge in [0.05, 0.1) is 33.0 Å². The summed E-state index contributed by atoms with van der Waals surface area (Å²) in [6, 6.07) is 5.63. The maximum atomic E-state index is 13.0. The van der Waals surface area contributed by atoms with Crippen LogP contribution in [0.25, 0.3) is 0 Å². The summed E-state index contributed by atoms with van der Waals surface area (Å²) in [5.74, 6) is 1.87. The van der Waals surface area contributed by atoms with Crippen LogP contribution in [0.3, 0.4) is 0 Å². The number of carbonyl (C=O) groups excluding carboxylic acids is 1. The second kappa shape index (κ2) is 20.3. The standard InChI is InChI=1S/C31H55N3O6.ClH/c1-22(2)25(18-24-8-9-29(38-6)30(19-24)40-15-7-14-37-5)20-27(32)28(35)21-26(23(3)4)31(36)33-10-11-34-12-16-39-17-13-34;/h8-9,19,22-23,25-28,35H,7,10-18,20-21,32H2,1-6H3,(H,33,36);1H/t25-,26-,27-,28-;/m0./s1. The van der Waals surface area contributed by atoms with Gasteiger partial charge in [0.2, 0.25) is 5.91 Å². The van der Waals surface area contributed by atoms with Gasteiger partial charge >= 0.3 is 0 Å². The number of rotatable bonds is 19. The van der Waals surface area contributed by atoms with E-state index in [0.717, 1.165) is 57.0 Å². The average Bonchev–Trinajstić information content (AvgIpc) is 2.93. The first-order chi connectivity index (χ1) is 19.2. The van der Waals surface area contributed by atoms with Gasteiger partial charge in [-0.1, -0.05) is 33.8 Å². The molecule has 0 aliphatic carbocycles. The number of nitrogens with one attached hydrogen (secondary N) is 1. The van der Waals surface area contributed by atoms with Crippen molar-refractivity contribution in [3.05, 3.63) is 23.8 Å². The molecule has 2 rings (SSSR count). The van der Waals surface area contributed by atoms with E-state index in [-0.39, 0.29) is 36.1 Å². The molecule has 0 saturated carbocycles. The van der Waals surface area contributed by atoms with Crippen LogP contribution in [0.15, 0.2) is 18.2 Å². The van der Waals surface area contributed by atoms with Crippen LogP contribution >= 0.6 is 12.4 Å². The first-order valence-electron chi connectivity index (χ1n) is 15.0. The van der Waals surface area contributed by atoms with Gasteiger partial charge in [-0.25, -0.2) is 0 Å². The lowest BCUT2D eigenvalue weighted by atomic mass is 9.81. The number of hydrogen-bond acceptors (Lipinski definition) is 8. The molecule has 1 fully saturated rings. The van der Waals surface area contributed by atoms with Gasteiger partial charge in [0, 0.05) is 58.3 Å². The van der Waals surface area contributed by atoms with Crippen molar-refractivity contribution in [2.75, 3.05) is 66.8 Å². The van der Waals surface area contributed by atoms with Gasteiger partial charge in [-0.15, -0.1) is 12.4 Å². The van der Waals surface area contributed by atoms with Gasteiger partial charge in [-0.05, 0) is 54.7 Å². The number of aliphatic hydroxyl groups is 1. The zero-order valence-corrected chi connectivity index (χ0v) is 26.9. The predicted molar refractivity (Wildman–Crippen MR) is 166 cm³/mol. The maximum Gasteiger partial charge on any atom is 0.223 e. The molecule has 0 radical (unpaired) electrons. The van der Waals surface area contributed by atoms with Crippen LogP contribution in [-0.4, -0.2) is 94.9 Å². The van der Waals surface area contributed by atoms with Crippen LogP contribution in [-0.2, 0) is 20.7 Å². The van der Waals surface area contributed by atoms with Crippen LogP contribution in [0.2, 0.25) is 0 Å². The highest BCUT2D eigenvalue weighted by Crippen LogP contribution is 2.31. The third kappa shape index (κ3) is 13.5. The summed E-state index contributed by atoms with van der Waals surface area (Å²) in [7, 11) is 3.32. The molecule has 1 aliphatic heterocycles. The molecule has 10 heteroatoms. The fraction of sp³-hybridized carbons (Fsp3) is 0.774. The molecule has 1 saturated heterocycles. The number of carbonyl (C=O) groups is 1. The van der Waals surface area contributed by atoms with Crippen LogP contribution < -0.4 is 20.5 Å². The van der Waals surface area contributed by atoms with E-state index in [1.165, 1.54) is 0 Å². The van der Waals surface area contributed by atoms with E-state index < -0.39 is 12.1 Å². The molecule has 0 aromatic heterocycles. The Balaban J connectivity index is 0.00000840. The Labute approximate surface area is 254 Å². The topological polar surface area (TPSA) is 116 Å². The molecule has 238 valence electrons. The van der Waals surface area contributed by atoms with Crippen molar-refractivity contribution < 1.29 is 28.8 Å². The normalized spacial score (nSPS) is 17.0. The molecule has 1 aromatic rings. The monoisotopic (exact) mass is 601 g/mol. The summed E-state index contributed by atoms with van der Waals surface area (Å²) in [5.41, 5.74) is 7.71. The molecule has 4 N–H and O–H groups in total. The third-order valence-corrected chi connectivity index (χ3v) is 7.96. The lowest BCUT2D eigenvalue weighted by Gasteiger charge is -2.30. The molecule has 9 nitrogen and oxygen atoms in total. The zero-order valence-electron chi connectivity index (χ0n) is 26.1. The minimum atomic E-state index is -0.755. The Morgan fingerprint density at radius 2 is 1.78 bits per heavy atom. The molecule has 4 atom stereocenters. The number of ether oxygens (including phenoxy) is 4. The fourth-order valence-corrected chi connectivity index (χ4v) is 5.16. The number of nitrogens with zero attached hydrogens (tertiary/aromatic N) is 1. The van der Waals surface area contributed by atoms with Crippen LogP contribution in [0.5, 0.6) is 11.5 Å². The van der Waals surface area contributed by atoms with Gasteiger partial charge in [0.1, 0.15) is 0 Å². The van der Waals surface area contributed by atoms with Crippen molar-refractivity contribution in [1.29, 1.82) is 0 Å². The number of methoxy groups -OCH3 is 2. The van der Waals surface area contributed by atoms with Crippen molar-refractivity contribution in [3.63, 3.8) is 0 Å². The van der Waals surface area contributed by atoms with Gasteiger partial charge in [-0.3, -0.25) is 9.69 Å². The van der Waals surface area contributed by atoms with Crippen molar-refractivity contribution in [3.8, 4) is 11.5 Å². The molecule has 1 amide bonds. The first kappa shape index (κ1) is 37.4. The van der Waals surface area contributed by atoms with Gasteiger partial charge in [0.15, 0.2) is 11.5 Å². The molecular weight excluding hydrogens is 546 g/mol. The SMILES string of the molecule is COCCCOc1cc(C[C@@H](C[C@H](N)[C@@H](O)C[C@H](C(=O)NCCN2CCOCC2)C(C)C)C(C)C)ccc1OC.Cl. The maximum absolute atomic E-state index is 13.0. The highest BCUT2D eigenvalue weighted by Gasteiger charge is 2.30. The highest BCUT2D eigenvalue weighted by atomic mass is 35.5. The number of halogens is 1. The molecular formula is C31H56ClN3O6. The summed E-state index contributed by atoms with van der Waals surface area (Å²) in [4.78, 5) is 15.3. The van der Waals surface area contributed by atoms with E-state index in [1.807, 2.05) is 26.0 Å². The number of aliphatic hydroxyl groups excluding tert-OH is 1. The summed E-state index contributed by atoms with van der Waals surface area (Å²) >= 11 is 0. The smallest absolute Gasteiger partial charge is 0.223 e. The molecule has 0 unspecified atom stereocenters. The second-order valence-electron chi connectivity index (χ2n) is 11.7. The average molecular weight is 602 g/mol. The quantitative estimate of drug-likeness (QED) is 0.206. The van der Waals surface area contributed by atoms with Crippen molar-refractivity contribution in [2.45, 2.75) is 65.5 Å². The van der Waals surface area contributed by atoms with Crippen molar-refractivity contribution in [2.24, 2.45) is 29.4 Å². The molecule has 1 aliphatic rings. The van der Waals surface area contributed by atoms with Crippen LogP contribution in [0.1, 0.15) is 52.5 Å².